The summed E-state index contributed by atoms with van der Waals surface area (Å²) in [5.74, 6) is -0.191. The highest BCUT2D eigenvalue weighted by atomic mass is 32.2. The second-order valence-electron chi connectivity index (χ2n) is 5.51. The van der Waals surface area contributed by atoms with Crippen molar-refractivity contribution in [2.45, 2.75) is 44.8 Å². The fourth-order valence-corrected chi connectivity index (χ4v) is 3.33. The van der Waals surface area contributed by atoms with Crippen molar-refractivity contribution in [3.05, 3.63) is 33.4 Å². The Bertz CT molecular complexity index is 744. The summed E-state index contributed by atoms with van der Waals surface area (Å²) in [4.78, 5) is 42.7. The Hall–Kier alpha value is -2.29. The number of aryl methyl sites for hydroxylation is 1. The first-order chi connectivity index (χ1) is 11.9. The third kappa shape index (κ3) is 5.09. The maximum Gasteiger partial charge on any atom is 0.337 e. The van der Waals surface area contributed by atoms with E-state index in [1.807, 2.05) is 6.92 Å². The number of thioether (sulfide) groups is 1. The molecular weight excluding hydrogens is 344 g/mol. The SMILES string of the molecule is CCCc1cc(=O)[nH]c(SCC2=C(C(=O)OCC)C(C)NC(=O)N2)n1. The minimum atomic E-state index is -0.473. The summed E-state index contributed by atoms with van der Waals surface area (Å²) in [6.07, 6.45) is 1.60. The van der Waals surface area contributed by atoms with E-state index in [1.54, 1.807) is 13.8 Å². The van der Waals surface area contributed by atoms with Crippen molar-refractivity contribution in [3.63, 3.8) is 0 Å². The van der Waals surface area contributed by atoms with Crippen LogP contribution in [0.2, 0.25) is 0 Å². The predicted molar refractivity (Wildman–Crippen MR) is 94.4 cm³/mol. The Balaban J connectivity index is 2.23. The monoisotopic (exact) mass is 366 g/mol. The largest absolute Gasteiger partial charge is 0.463 e. The molecule has 136 valence electrons. The zero-order valence-electron chi connectivity index (χ0n) is 14.5. The lowest BCUT2D eigenvalue weighted by Gasteiger charge is -2.26. The molecule has 0 spiro atoms. The maximum absolute atomic E-state index is 12.2. The van der Waals surface area contributed by atoms with E-state index in [0.717, 1.165) is 12.1 Å². The van der Waals surface area contributed by atoms with Gasteiger partial charge < -0.3 is 20.4 Å². The van der Waals surface area contributed by atoms with Gasteiger partial charge in [-0.05, 0) is 20.3 Å². The summed E-state index contributed by atoms with van der Waals surface area (Å²) in [5, 5.41) is 5.74. The molecule has 1 unspecified atom stereocenters. The molecule has 0 radical (unpaired) electrons. The molecule has 1 atom stereocenters. The van der Waals surface area contributed by atoms with E-state index >= 15 is 0 Å². The summed E-state index contributed by atoms with van der Waals surface area (Å²) in [6.45, 7) is 5.70. The number of H-pyrrole nitrogens is 1. The van der Waals surface area contributed by atoms with Crippen LogP contribution in [0.4, 0.5) is 4.79 Å². The van der Waals surface area contributed by atoms with Crippen LogP contribution in [0.5, 0.6) is 0 Å². The number of rotatable bonds is 7. The number of aromatic nitrogens is 2. The molecule has 2 rings (SSSR count). The van der Waals surface area contributed by atoms with E-state index in [0.29, 0.717) is 22.8 Å². The van der Waals surface area contributed by atoms with E-state index < -0.39 is 12.0 Å². The third-order valence-corrected chi connectivity index (χ3v) is 4.40. The van der Waals surface area contributed by atoms with Crippen molar-refractivity contribution in [3.8, 4) is 0 Å². The molecule has 9 heteroatoms. The smallest absolute Gasteiger partial charge is 0.337 e. The van der Waals surface area contributed by atoms with Crippen LogP contribution in [0, 0.1) is 0 Å². The van der Waals surface area contributed by atoms with Gasteiger partial charge in [0.1, 0.15) is 0 Å². The lowest BCUT2D eigenvalue weighted by molar-refractivity contribution is -0.138. The van der Waals surface area contributed by atoms with Crippen molar-refractivity contribution in [1.29, 1.82) is 0 Å². The van der Waals surface area contributed by atoms with Crippen molar-refractivity contribution >= 4 is 23.8 Å². The molecule has 0 aromatic carbocycles. The highest BCUT2D eigenvalue weighted by molar-refractivity contribution is 7.99. The van der Waals surface area contributed by atoms with Gasteiger partial charge in [-0.3, -0.25) is 4.79 Å². The van der Waals surface area contributed by atoms with E-state index in [4.69, 9.17) is 4.74 Å². The van der Waals surface area contributed by atoms with Crippen LogP contribution < -0.4 is 16.2 Å². The first-order valence-corrected chi connectivity index (χ1v) is 9.13. The number of ether oxygens (including phenoxy) is 1. The van der Waals surface area contributed by atoms with Gasteiger partial charge in [0.15, 0.2) is 5.16 Å². The van der Waals surface area contributed by atoms with Gasteiger partial charge in [0.25, 0.3) is 5.56 Å². The Labute approximate surface area is 149 Å². The van der Waals surface area contributed by atoms with Crippen LogP contribution in [-0.4, -0.2) is 40.4 Å². The number of nitrogens with zero attached hydrogens (tertiary/aromatic N) is 1. The molecule has 0 bridgehead atoms. The second-order valence-corrected chi connectivity index (χ2v) is 6.48. The van der Waals surface area contributed by atoms with E-state index in [-0.39, 0.29) is 24.0 Å². The number of hydrogen-bond donors (Lipinski definition) is 3. The van der Waals surface area contributed by atoms with Gasteiger partial charge in [-0.1, -0.05) is 25.1 Å². The zero-order valence-corrected chi connectivity index (χ0v) is 15.3. The number of urea groups is 1. The lowest BCUT2D eigenvalue weighted by Crippen LogP contribution is -2.49. The predicted octanol–water partition coefficient (Wildman–Crippen LogP) is 1.33. The minimum absolute atomic E-state index is 0.219. The number of nitrogens with one attached hydrogen (secondary N) is 3. The summed E-state index contributed by atoms with van der Waals surface area (Å²) in [5.41, 5.74) is 1.34. The topological polar surface area (TPSA) is 113 Å². The molecule has 0 aliphatic carbocycles. The summed E-state index contributed by atoms with van der Waals surface area (Å²) in [7, 11) is 0. The number of esters is 1. The summed E-state index contributed by atoms with van der Waals surface area (Å²) in [6, 6.07) is 0.643. The van der Waals surface area contributed by atoms with E-state index in [9.17, 15) is 14.4 Å². The standard InChI is InChI=1S/C16H22N4O4S/c1-4-6-10-7-12(21)20-16(18-10)25-8-11-13(14(22)24-5-2)9(3)17-15(23)19-11/h7,9H,4-6,8H2,1-3H3,(H2,17,19,23)(H,18,20,21). The van der Waals surface area contributed by atoms with Crippen LogP contribution >= 0.6 is 11.8 Å². The number of carbonyl (C=O) groups is 2. The Morgan fingerprint density at radius 3 is 2.80 bits per heavy atom. The van der Waals surface area contributed by atoms with Gasteiger partial charge in [-0.15, -0.1) is 0 Å². The average molecular weight is 366 g/mol. The molecule has 2 amide bonds. The van der Waals surface area contributed by atoms with Gasteiger partial charge in [-0.25, -0.2) is 14.6 Å². The van der Waals surface area contributed by atoms with Crippen LogP contribution in [0.3, 0.4) is 0 Å². The molecule has 8 nitrogen and oxygen atoms in total. The maximum atomic E-state index is 12.2. The molecule has 1 aromatic rings. The molecule has 1 aromatic heterocycles. The molecular formula is C16H22N4O4S. The summed E-state index contributed by atoms with van der Waals surface area (Å²) >= 11 is 1.25. The van der Waals surface area contributed by atoms with E-state index in [1.165, 1.54) is 17.8 Å². The minimum Gasteiger partial charge on any atom is -0.463 e. The quantitative estimate of drug-likeness (QED) is 0.381. The van der Waals surface area contributed by atoms with Crippen LogP contribution in [0.15, 0.2) is 27.3 Å². The van der Waals surface area contributed by atoms with Gasteiger partial charge in [0, 0.05) is 23.2 Å². The molecule has 25 heavy (non-hydrogen) atoms. The van der Waals surface area contributed by atoms with Crippen molar-refractivity contribution in [1.82, 2.24) is 20.6 Å². The molecule has 1 aliphatic heterocycles. The first-order valence-electron chi connectivity index (χ1n) is 8.15. The third-order valence-electron chi connectivity index (χ3n) is 3.50. The molecule has 0 saturated carbocycles. The number of amides is 2. The van der Waals surface area contributed by atoms with E-state index in [2.05, 4.69) is 20.6 Å². The highest BCUT2D eigenvalue weighted by Crippen LogP contribution is 2.21. The molecule has 2 heterocycles. The number of carbonyl (C=O) groups excluding carboxylic acids is 2. The van der Waals surface area contributed by atoms with Crippen molar-refractivity contribution in [2.24, 2.45) is 0 Å². The van der Waals surface area contributed by atoms with Gasteiger partial charge in [-0.2, -0.15) is 0 Å². The Morgan fingerprint density at radius 1 is 1.36 bits per heavy atom. The molecule has 0 fully saturated rings. The highest BCUT2D eigenvalue weighted by Gasteiger charge is 2.29. The molecule has 3 N–H and O–H groups in total. The normalized spacial score (nSPS) is 17.1. The number of aromatic amines is 1. The second kappa shape index (κ2) is 8.70. The van der Waals surface area contributed by atoms with Crippen LogP contribution in [-0.2, 0) is 16.0 Å². The summed E-state index contributed by atoms with van der Waals surface area (Å²) < 4.78 is 5.07. The fourth-order valence-electron chi connectivity index (χ4n) is 2.47. The first kappa shape index (κ1) is 19.0. The number of hydrogen-bond acceptors (Lipinski definition) is 6. The molecule has 0 saturated heterocycles. The fraction of sp³-hybridized carbons (Fsp3) is 0.500. The average Bonchev–Trinajstić information content (AvgIpc) is 2.52. The Kier molecular flexibility index (Phi) is 6.63. The van der Waals surface area contributed by atoms with Crippen LogP contribution in [0.25, 0.3) is 0 Å². The van der Waals surface area contributed by atoms with Crippen molar-refractivity contribution < 1.29 is 14.3 Å². The zero-order chi connectivity index (χ0) is 18.4. The van der Waals surface area contributed by atoms with Crippen LogP contribution in [0.1, 0.15) is 32.9 Å². The van der Waals surface area contributed by atoms with Gasteiger partial charge >= 0.3 is 12.0 Å². The van der Waals surface area contributed by atoms with Gasteiger partial charge in [0.05, 0.1) is 18.2 Å². The lowest BCUT2D eigenvalue weighted by atomic mass is 10.1. The van der Waals surface area contributed by atoms with Gasteiger partial charge in [0.2, 0.25) is 0 Å². The van der Waals surface area contributed by atoms with Crippen molar-refractivity contribution in [2.75, 3.05) is 12.4 Å². The molecule has 1 aliphatic rings. The Morgan fingerprint density at radius 2 is 2.12 bits per heavy atom.